The normalized spacial score (nSPS) is 11.9. The van der Waals surface area contributed by atoms with Crippen LogP contribution < -0.4 is 10.2 Å². The van der Waals surface area contributed by atoms with Crippen molar-refractivity contribution in [1.82, 2.24) is 5.32 Å². The fourth-order valence-corrected chi connectivity index (χ4v) is 2.06. The predicted molar refractivity (Wildman–Crippen MR) is 76.8 cm³/mol. The molecular weight excluding hydrogens is 222 g/mol. The van der Waals surface area contributed by atoms with Crippen LogP contribution in [0.15, 0.2) is 24.3 Å². The van der Waals surface area contributed by atoms with Crippen molar-refractivity contribution in [2.24, 2.45) is 5.92 Å². The van der Waals surface area contributed by atoms with E-state index < -0.39 is 0 Å². The van der Waals surface area contributed by atoms with Crippen LogP contribution in [-0.2, 0) is 0 Å². The zero-order chi connectivity index (χ0) is 13.4. The maximum atomic E-state index is 9.09. The molecule has 0 fully saturated rings. The molecule has 0 bridgehead atoms. The van der Waals surface area contributed by atoms with Crippen molar-refractivity contribution in [3.63, 3.8) is 0 Å². The number of rotatable bonds is 7. The summed E-state index contributed by atoms with van der Waals surface area (Å²) in [6, 6.07) is 10.0. The Kier molecular flexibility index (Phi) is 6.24. The highest BCUT2D eigenvalue weighted by Gasteiger charge is 2.10. The van der Waals surface area contributed by atoms with Gasteiger partial charge in [-0.1, -0.05) is 26.0 Å². The Balaban J connectivity index is 2.54. The Morgan fingerprint density at radius 2 is 2.11 bits per heavy atom. The van der Waals surface area contributed by atoms with Crippen LogP contribution in [0.3, 0.4) is 0 Å². The maximum absolute atomic E-state index is 9.09. The fourth-order valence-electron chi connectivity index (χ4n) is 2.06. The minimum Gasteiger partial charge on any atom is -0.373 e. The molecule has 1 unspecified atom stereocenters. The third kappa shape index (κ3) is 4.38. The van der Waals surface area contributed by atoms with Crippen molar-refractivity contribution in [3.8, 4) is 6.07 Å². The Morgan fingerprint density at radius 1 is 1.39 bits per heavy atom. The highest BCUT2D eigenvalue weighted by molar-refractivity contribution is 5.58. The van der Waals surface area contributed by atoms with Gasteiger partial charge in [0.1, 0.15) is 6.07 Å². The first kappa shape index (κ1) is 14.5. The highest BCUT2D eigenvalue weighted by Crippen LogP contribution is 2.18. The van der Waals surface area contributed by atoms with E-state index in [1.807, 2.05) is 31.3 Å². The Labute approximate surface area is 110 Å². The molecule has 1 aromatic rings. The lowest BCUT2D eigenvalue weighted by atomic mass is 10.1. The Bertz CT molecular complexity index is 395. The summed E-state index contributed by atoms with van der Waals surface area (Å²) < 4.78 is 0. The third-order valence-electron chi connectivity index (χ3n) is 2.94. The van der Waals surface area contributed by atoms with Crippen LogP contribution in [0.5, 0.6) is 0 Å². The van der Waals surface area contributed by atoms with Crippen LogP contribution in [0.2, 0.25) is 0 Å². The van der Waals surface area contributed by atoms with Gasteiger partial charge in [0.25, 0.3) is 0 Å². The summed E-state index contributed by atoms with van der Waals surface area (Å²) in [5, 5.41) is 12.5. The maximum Gasteiger partial charge on any atom is 0.101 e. The Hall–Kier alpha value is -1.53. The van der Waals surface area contributed by atoms with Gasteiger partial charge in [-0.05, 0) is 37.6 Å². The average molecular weight is 245 g/mol. The van der Waals surface area contributed by atoms with Crippen LogP contribution in [0.4, 0.5) is 5.69 Å². The van der Waals surface area contributed by atoms with Gasteiger partial charge in [0.05, 0.1) is 11.3 Å². The van der Waals surface area contributed by atoms with Gasteiger partial charge in [-0.2, -0.15) is 5.26 Å². The lowest BCUT2D eigenvalue weighted by Crippen LogP contribution is -2.31. The molecule has 0 heterocycles. The second-order valence-electron chi connectivity index (χ2n) is 4.82. The fraction of sp³-hybridized carbons (Fsp3) is 0.533. The van der Waals surface area contributed by atoms with Crippen molar-refractivity contribution < 1.29 is 0 Å². The first-order chi connectivity index (χ1) is 8.69. The number of benzene rings is 1. The predicted octanol–water partition coefficient (Wildman–Crippen LogP) is 2.63. The molecule has 3 nitrogen and oxygen atoms in total. The third-order valence-corrected chi connectivity index (χ3v) is 2.94. The summed E-state index contributed by atoms with van der Waals surface area (Å²) in [7, 11) is 2.05. The number of nitriles is 1. The van der Waals surface area contributed by atoms with Gasteiger partial charge in [0.15, 0.2) is 0 Å². The topological polar surface area (TPSA) is 39.1 Å². The number of para-hydroxylation sites is 1. The van der Waals surface area contributed by atoms with Gasteiger partial charge in [-0.25, -0.2) is 0 Å². The number of hydrogen-bond acceptors (Lipinski definition) is 3. The molecule has 0 saturated carbocycles. The quantitative estimate of drug-likeness (QED) is 0.751. The van der Waals surface area contributed by atoms with Crippen molar-refractivity contribution in [2.45, 2.75) is 20.3 Å². The number of nitrogens with zero attached hydrogens (tertiary/aromatic N) is 2. The smallest absolute Gasteiger partial charge is 0.101 e. The zero-order valence-corrected chi connectivity index (χ0v) is 11.6. The summed E-state index contributed by atoms with van der Waals surface area (Å²) in [6.45, 7) is 7.45. The van der Waals surface area contributed by atoms with E-state index >= 15 is 0 Å². The minimum absolute atomic E-state index is 0.563. The number of anilines is 1. The van der Waals surface area contributed by atoms with Gasteiger partial charge in [0, 0.05) is 13.6 Å². The van der Waals surface area contributed by atoms with E-state index in [1.54, 1.807) is 0 Å². The van der Waals surface area contributed by atoms with Gasteiger partial charge < -0.3 is 10.2 Å². The van der Waals surface area contributed by atoms with E-state index in [0.717, 1.165) is 30.9 Å². The molecule has 1 aromatic carbocycles. The molecule has 18 heavy (non-hydrogen) atoms. The summed E-state index contributed by atoms with van der Waals surface area (Å²) >= 11 is 0. The number of nitrogens with one attached hydrogen (secondary N) is 1. The molecule has 0 saturated heterocycles. The SMILES string of the molecule is CCCNCC(C)CN(C)c1ccccc1C#N. The van der Waals surface area contributed by atoms with Crippen molar-refractivity contribution in [3.05, 3.63) is 29.8 Å². The summed E-state index contributed by atoms with van der Waals surface area (Å²) in [4.78, 5) is 2.16. The monoisotopic (exact) mass is 245 g/mol. The standard InChI is InChI=1S/C15H23N3/c1-4-9-17-11-13(2)12-18(3)15-8-6-5-7-14(15)10-16/h5-8,13,17H,4,9,11-12H2,1-3H3. The lowest BCUT2D eigenvalue weighted by molar-refractivity contribution is 0.512. The largest absolute Gasteiger partial charge is 0.373 e. The van der Waals surface area contributed by atoms with Gasteiger partial charge >= 0.3 is 0 Å². The molecule has 3 heteroatoms. The zero-order valence-electron chi connectivity index (χ0n) is 11.6. The van der Waals surface area contributed by atoms with E-state index in [0.29, 0.717) is 5.92 Å². The second kappa shape index (κ2) is 7.73. The van der Waals surface area contributed by atoms with Gasteiger partial charge in [-0.15, -0.1) is 0 Å². The van der Waals surface area contributed by atoms with Crippen LogP contribution in [0.1, 0.15) is 25.8 Å². The van der Waals surface area contributed by atoms with Crippen LogP contribution in [0, 0.1) is 17.2 Å². The molecule has 0 amide bonds. The average Bonchev–Trinajstić information content (AvgIpc) is 2.39. The molecule has 0 radical (unpaired) electrons. The molecule has 0 aromatic heterocycles. The first-order valence-electron chi connectivity index (χ1n) is 6.60. The molecule has 1 N–H and O–H groups in total. The van der Waals surface area contributed by atoms with E-state index in [2.05, 4.69) is 30.1 Å². The van der Waals surface area contributed by atoms with Crippen molar-refractivity contribution in [2.75, 3.05) is 31.6 Å². The molecule has 0 spiro atoms. The molecule has 1 atom stereocenters. The second-order valence-corrected chi connectivity index (χ2v) is 4.82. The van der Waals surface area contributed by atoms with E-state index in [1.165, 1.54) is 6.42 Å². The summed E-state index contributed by atoms with van der Waals surface area (Å²) in [6.07, 6.45) is 1.17. The first-order valence-corrected chi connectivity index (χ1v) is 6.60. The molecule has 0 aliphatic rings. The van der Waals surface area contributed by atoms with Crippen molar-refractivity contribution >= 4 is 5.69 Å². The van der Waals surface area contributed by atoms with E-state index in [9.17, 15) is 0 Å². The summed E-state index contributed by atoms with van der Waals surface area (Å²) in [5.74, 6) is 0.563. The molecule has 0 aliphatic carbocycles. The molecule has 0 aliphatic heterocycles. The number of hydrogen-bond donors (Lipinski definition) is 1. The van der Waals surface area contributed by atoms with Gasteiger partial charge in [0.2, 0.25) is 0 Å². The Morgan fingerprint density at radius 3 is 2.78 bits per heavy atom. The van der Waals surface area contributed by atoms with Gasteiger partial charge in [-0.3, -0.25) is 0 Å². The summed E-state index contributed by atoms with van der Waals surface area (Å²) in [5.41, 5.74) is 1.76. The highest BCUT2D eigenvalue weighted by atomic mass is 15.1. The minimum atomic E-state index is 0.563. The molecule has 1 rings (SSSR count). The lowest BCUT2D eigenvalue weighted by Gasteiger charge is -2.24. The molecule has 98 valence electrons. The molecular formula is C15H23N3. The van der Waals surface area contributed by atoms with Crippen LogP contribution >= 0.6 is 0 Å². The van der Waals surface area contributed by atoms with Crippen LogP contribution in [0.25, 0.3) is 0 Å². The van der Waals surface area contributed by atoms with E-state index in [4.69, 9.17) is 5.26 Å². The van der Waals surface area contributed by atoms with E-state index in [-0.39, 0.29) is 0 Å². The van der Waals surface area contributed by atoms with Crippen molar-refractivity contribution in [1.29, 1.82) is 5.26 Å². The van der Waals surface area contributed by atoms with Crippen LogP contribution in [-0.4, -0.2) is 26.7 Å².